The van der Waals surface area contributed by atoms with Crippen molar-refractivity contribution < 1.29 is 14.3 Å². The Hall–Kier alpha value is -3.78. The Balaban J connectivity index is 1.66. The third-order valence-electron chi connectivity index (χ3n) is 4.50. The molecule has 1 fully saturated rings. The summed E-state index contributed by atoms with van der Waals surface area (Å²) in [6.45, 7) is 0. The summed E-state index contributed by atoms with van der Waals surface area (Å²) in [7, 11) is 1.60. The van der Waals surface area contributed by atoms with Crippen LogP contribution in [0.4, 0.5) is 4.79 Å². The van der Waals surface area contributed by atoms with E-state index in [0.29, 0.717) is 5.75 Å². The van der Waals surface area contributed by atoms with Crippen molar-refractivity contribution in [3.8, 4) is 17.6 Å². The fraction of sp³-hybridized carbons (Fsp3) is 0.130. The number of pyridine rings is 1. The van der Waals surface area contributed by atoms with Crippen LogP contribution in [0.15, 0.2) is 73.1 Å². The molecule has 4 rings (SSSR count). The van der Waals surface area contributed by atoms with E-state index >= 15 is 0 Å². The highest BCUT2D eigenvalue weighted by Gasteiger charge is 2.38. The summed E-state index contributed by atoms with van der Waals surface area (Å²) < 4.78 is 11.0. The van der Waals surface area contributed by atoms with Crippen LogP contribution >= 0.6 is 0 Å². The van der Waals surface area contributed by atoms with Gasteiger partial charge in [-0.3, -0.25) is 4.98 Å². The number of methoxy groups -OCH3 is 1. The number of para-hydroxylation sites is 1. The van der Waals surface area contributed by atoms with Crippen molar-refractivity contribution in [2.45, 2.75) is 12.1 Å². The molecule has 1 aliphatic heterocycles. The summed E-state index contributed by atoms with van der Waals surface area (Å²) >= 11 is 0. The van der Waals surface area contributed by atoms with E-state index in [9.17, 15) is 4.79 Å². The van der Waals surface area contributed by atoms with Crippen molar-refractivity contribution in [2.75, 3.05) is 7.11 Å². The molecule has 3 aromatic rings. The van der Waals surface area contributed by atoms with Crippen LogP contribution in [0.2, 0.25) is 0 Å². The summed E-state index contributed by atoms with van der Waals surface area (Å²) in [4.78, 5) is 16.3. The summed E-state index contributed by atoms with van der Waals surface area (Å²) in [6.07, 6.45) is 2.44. The molecular formula is C23H18N2O3. The van der Waals surface area contributed by atoms with Gasteiger partial charge in [-0.1, -0.05) is 48.2 Å². The van der Waals surface area contributed by atoms with Crippen LogP contribution in [0.3, 0.4) is 0 Å². The van der Waals surface area contributed by atoms with Crippen molar-refractivity contribution in [2.24, 2.45) is 0 Å². The van der Waals surface area contributed by atoms with Gasteiger partial charge in [-0.2, -0.15) is 0 Å². The predicted molar refractivity (Wildman–Crippen MR) is 105 cm³/mol. The van der Waals surface area contributed by atoms with Gasteiger partial charge >= 0.3 is 6.09 Å². The number of benzene rings is 2. The average molecular weight is 370 g/mol. The molecule has 0 saturated carbocycles. The Morgan fingerprint density at radius 1 is 1.00 bits per heavy atom. The van der Waals surface area contributed by atoms with Crippen molar-refractivity contribution >= 4 is 6.09 Å². The van der Waals surface area contributed by atoms with Crippen LogP contribution < -0.4 is 10.1 Å². The molecule has 28 heavy (non-hydrogen) atoms. The average Bonchev–Trinajstić information content (AvgIpc) is 3.15. The lowest BCUT2D eigenvalue weighted by atomic mass is 9.96. The number of nitrogens with zero attached hydrogens (tertiary/aromatic N) is 1. The fourth-order valence-corrected chi connectivity index (χ4v) is 3.18. The summed E-state index contributed by atoms with van der Waals surface area (Å²) in [5.41, 5.74) is 3.31. The number of carbonyl (C=O) groups excluding carboxylic acids is 1. The number of rotatable bonds is 3. The van der Waals surface area contributed by atoms with Crippen molar-refractivity contribution in [1.82, 2.24) is 10.3 Å². The molecule has 1 amide bonds. The summed E-state index contributed by atoms with van der Waals surface area (Å²) in [6, 6.07) is 18.8. The van der Waals surface area contributed by atoms with E-state index in [1.165, 1.54) is 0 Å². The number of ether oxygens (including phenoxy) is 2. The summed E-state index contributed by atoms with van der Waals surface area (Å²) in [5.74, 6) is 6.91. The zero-order valence-corrected chi connectivity index (χ0v) is 15.3. The van der Waals surface area contributed by atoms with Gasteiger partial charge in [0.2, 0.25) is 0 Å². The first-order valence-corrected chi connectivity index (χ1v) is 8.86. The number of cyclic esters (lactones) is 1. The molecule has 1 aromatic heterocycles. The van der Waals surface area contributed by atoms with Crippen molar-refractivity contribution in [3.63, 3.8) is 0 Å². The van der Waals surface area contributed by atoms with E-state index in [1.807, 2.05) is 60.7 Å². The molecule has 138 valence electrons. The minimum Gasteiger partial charge on any atom is -0.496 e. The van der Waals surface area contributed by atoms with Crippen LogP contribution in [0.1, 0.15) is 34.4 Å². The molecule has 0 aliphatic carbocycles. The van der Waals surface area contributed by atoms with Crippen LogP contribution in [-0.2, 0) is 4.74 Å². The monoisotopic (exact) mass is 370 g/mol. The quantitative estimate of drug-likeness (QED) is 0.708. The molecular weight excluding hydrogens is 352 g/mol. The van der Waals surface area contributed by atoms with Gasteiger partial charge in [-0.25, -0.2) is 4.79 Å². The highest BCUT2D eigenvalue weighted by Crippen LogP contribution is 2.40. The second kappa shape index (κ2) is 7.85. The van der Waals surface area contributed by atoms with Gasteiger partial charge in [0.05, 0.1) is 7.11 Å². The highest BCUT2D eigenvalue weighted by molar-refractivity contribution is 5.71. The number of hydrogen-bond donors (Lipinski definition) is 1. The van der Waals surface area contributed by atoms with E-state index in [2.05, 4.69) is 22.1 Å². The lowest BCUT2D eigenvalue weighted by Crippen LogP contribution is -2.20. The number of carbonyl (C=O) groups is 1. The lowest BCUT2D eigenvalue weighted by molar-refractivity contribution is 0.130. The van der Waals surface area contributed by atoms with E-state index in [0.717, 1.165) is 22.3 Å². The molecule has 2 aromatic carbocycles. The van der Waals surface area contributed by atoms with Crippen molar-refractivity contribution in [3.05, 3.63) is 95.3 Å². The lowest BCUT2D eigenvalue weighted by Gasteiger charge is -2.19. The topological polar surface area (TPSA) is 60.5 Å². The Morgan fingerprint density at radius 2 is 1.75 bits per heavy atom. The van der Waals surface area contributed by atoms with Gasteiger partial charge in [-0.15, -0.1) is 0 Å². The Bertz CT molecular complexity index is 1050. The predicted octanol–water partition coefficient (Wildman–Crippen LogP) is 4.01. The molecule has 1 aliphatic rings. The van der Waals surface area contributed by atoms with Crippen LogP contribution in [-0.4, -0.2) is 18.2 Å². The van der Waals surface area contributed by atoms with E-state index in [1.54, 1.807) is 19.5 Å². The van der Waals surface area contributed by atoms with Gasteiger partial charge in [0.15, 0.2) is 6.10 Å². The standard InChI is InChI=1S/C23H18N2O3/c1-27-20-10-6-5-9-19(20)22-21(25-23(26)28-22)18-13-17(14-24-15-18)12-11-16-7-3-2-4-8-16/h2-10,13-15,21-22H,1H3,(H,25,26)/t21-,22+/m1/s1. The number of amides is 1. The van der Waals surface area contributed by atoms with E-state index < -0.39 is 12.2 Å². The van der Waals surface area contributed by atoms with E-state index in [4.69, 9.17) is 9.47 Å². The largest absolute Gasteiger partial charge is 0.496 e. The van der Waals surface area contributed by atoms with Gasteiger partial charge in [0.1, 0.15) is 11.8 Å². The molecule has 0 bridgehead atoms. The first-order valence-electron chi connectivity index (χ1n) is 8.86. The maximum Gasteiger partial charge on any atom is 0.408 e. The van der Waals surface area contributed by atoms with Crippen molar-refractivity contribution in [1.29, 1.82) is 0 Å². The van der Waals surface area contributed by atoms with Crippen LogP contribution in [0, 0.1) is 11.8 Å². The normalized spacial score (nSPS) is 17.8. The fourth-order valence-electron chi connectivity index (χ4n) is 3.18. The second-order valence-corrected chi connectivity index (χ2v) is 6.31. The molecule has 0 unspecified atom stereocenters. The summed E-state index contributed by atoms with van der Waals surface area (Å²) in [5, 5.41) is 2.87. The minimum atomic E-state index is -0.511. The third kappa shape index (κ3) is 3.67. The van der Waals surface area contributed by atoms with Gasteiger partial charge in [0.25, 0.3) is 0 Å². The molecule has 0 spiro atoms. The van der Waals surface area contributed by atoms with Gasteiger partial charge in [-0.05, 0) is 29.8 Å². The molecule has 2 heterocycles. The Labute approximate surface area is 163 Å². The second-order valence-electron chi connectivity index (χ2n) is 6.31. The first kappa shape index (κ1) is 17.6. The molecule has 5 nitrogen and oxygen atoms in total. The van der Waals surface area contributed by atoms with Crippen LogP contribution in [0.25, 0.3) is 0 Å². The highest BCUT2D eigenvalue weighted by atomic mass is 16.6. The SMILES string of the molecule is COc1ccccc1[C@@H]1OC(=O)N[C@@H]1c1cncc(C#Cc2ccccc2)c1. The van der Waals surface area contributed by atoms with Gasteiger partial charge in [0, 0.05) is 29.1 Å². The third-order valence-corrected chi connectivity index (χ3v) is 4.50. The maximum absolute atomic E-state index is 12.0. The number of aromatic nitrogens is 1. The number of alkyl carbamates (subject to hydrolysis) is 1. The Morgan fingerprint density at radius 3 is 2.57 bits per heavy atom. The van der Waals surface area contributed by atoms with Crippen LogP contribution in [0.5, 0.6) is 5.75 Å². The minimum absolute atomic E-state index is 0.380. The number of nitrogens with one attached hydrogen (secondary N) is 1. The molecule has 1 N–H and O–H groups in total. The smallest absolute Gasteiger partial charge is 0.408 e. The molecule has 1 saturated heterocycles. The first-order chi connectivity index (χ1) is 13.7. The van der Waals surface area contributed by atoms with Gasteiger partial charge < -0.3 is 14.8 Å². The zero-order chi connectivity index (χ0) is 19.3. The maximum atomic E-state index is 12.0. The molecule has 5 heteroatoms. The number of hydrogen-bond acceptors (Lipinski definition) is 4. The molecule has 0 radical (unpaired) electrons. The zero-order valence-electron chi connectivity index (χ0n) is 15.3. The van der Waals surface area contributed by atoms with E-state index in [-0.39, 0.29) is 6.04 Å². The molecule has 2 atom stereocenters. The Kier molecular flexibility index (Phi) is 4.94.